The SMILES string of the molecule is O=C(COC(=O)c1ccc2c(c1)OCCCO2)c1ccc(Cl)c(Cl)c1. The normalized spacial score (nSPS) is 13.0. The smallest absolute Gasteiger partial charge is 0.338 e. The zero-order chi connectivity index (χ0) is 17.8. The summed E-state index contributed by atoms with van der Waals surface area (Å²) in [6, 6.07) is 9.25. The van der Waals surface area contributed by atoms with Crippen molar-refractivity contribution in [3.63, 3.8) is 0 Å². The number of esters is 1. The number of ketones is 1. The molecule has 0 saturated heterocycles. The van der Waals surface area contributed by atoms with Gasteiger partial charge in [-0.05, 0) is 36.4 Å². The Hall–Kier alpha value is -2.24. The molecule has 0 fully saturated rings. The molecular weight excluding hydrogens is 367 g/mol. The minimum atomic E-state index is -0.621. The number of benzene rings is 2. The van der Waals surface area contributed by atoms with Gasteiger partial charge in [0.2, 0.25) is 0 Å². The second-order valence-corrected chi connectivity index (χ2v) is 6.15. The van der Waals surface area contributed by atoms with Crippen LogP contribution in [0.3, 0.4) is 0 Å². The first-order chi connectivity index (χ1) is 12.0. The number of carbonyl (C=O) groups excluding carboxylic acids is 2. The maximum atomic E-state index is 12.2. The molecule has 5 nitrogen and oxygen atoms in total. The molecule has 1 aliphatic rings. The average Bonchev–Trinajstić information content (AvgIpc) is 2.86. The van der Waals surface area contributed by atoms with Crippen LogP contribution in [-0.2, 0) is 4.74 Å². The van der Waals surface area contributed by atoms with E-state index in [9.17, 15) is 9.59 Å². The predicted molar refractivity (Wildman–Crippen MR) is 93.1 cm³/mol. The number of fused-ring (bicyclic) bond motifs is 1. The highest BCUT2D eigenvalue weighted by Gasteiger charge is 2.17. The quantitative estimate of drug-likeness (QED) is 0.587. The molecule has 0 atom stereocenters. The number of hydrogen-bond donors (Lipinski definition) is 0. The molecule has 0 bridgehead atoms. The van der Waals surface area contributed by atoms with Gasteiger partial charge in [-0.15, -0.1) is 0 Å². The predicted octanol–water partition coefficient (Wildman–Crippen LogP) is 4.19. The van der Waals surface area contributed by atoms with E-state index in [1.165, 1.54) is 18.2 Å². The van der Waals surface area contributed by atoms with Crippen molar-refractivity contribution in [2.45, 2.75) is 6.42 Å². The molecule has 25 heavy (non-hydrogen) atoms. The Bertz CT molecular complexity index is 819. The molecule has 130 valence electrons. The van der Waals surface area contributed by atoms with Crippen molar-refractivity contribution in [3.05, 3.63) is 57.6 Å². The van der Waals surface area contributed by atoms with E-state index in [2.05, 4.69) is 0 Å². The Labute approximate surface area is 154 Å². The van der Waals surface area contributed by atoms with Crippen molar-refractivity contribution in [3.8, 4) is 11.5 Å². The number of halogens is 2. The van der Waals surface area contributed by atoms with Gasteiger partial charge < -0.3 is 14.2 Å². The van der Waals surface area contributed by atoms with Gasteiger partial charge in [-0.2, -0.15) is 0 Å². The first kappa shape index (κ1) is 17.6. The Morgan fingerprint density at radius 1 is 0.920 bits per heavy atom. The lowest BCUT2D eigenvalue weighted by atomic mass is 10.1. The summed E-state index contributed by atoms with van der Waals surface area (Å²) in [5.41, 5.74) is 0.604. The van der Waals surface area contributed by atoms with Crippen LogP contribution in [0.1, 0.15) is 27.1 Å². The lowest BCUT2D eigenvalue weighted by molar-refractivity contribution is 0.0474. The lowest BCUT2D eigenvalue weighted by Crippen LogP contribution is -2.14. The first-order valence-electron chi connectivity index (χ1n) is 7.59. The minimum absolute atomic E-state index is 0.266. The summed E-state index contributed by atoms with van der Waals surface area (Å²) >= 11 is 11.7. The van der Waals surface area contributed by atoms with Crippen LogP contribution in [0.4, 0.5) is 0 Å². The fourth-order valence-corrected chi connectivity index (χ4v) is 2.56. The molecule has 0 N–H and O–H groups in total. The van der Waals surface area contributed by atoms with Crippen LogP contribution in [0.25, 0.3) is 0 Å². The summed E-state index contributed by atoms with van der Waals surface area (Å²) in [4.78, 5) is 24.3. The summed E-state index contributed by atoms with van der Waals surface area (Å²) in [7, 11) is 0. The fourth-order valence-electron chi connectivity index (χ4n) is 2.26. The molecule has 0 radical (unpaired) electrons. The van der Waals surface area contributed by atoms with E-state index >= 15 is 0 Å². The Morgan fingerprint density at radius 3 is 2.40 bits per heavy atom. The number of ether oxygens (including phenoxy) is 3. The molecule has 7 heteroatoms. The maximum Gasteiger partial charge on any atom is 0.338 e. The van der Waals surface area contributed by atoms with E-state index in [4.69, 9.17) is 37.4 Å². The summed E-state index contributed by atoms with van der Waals surface area (Å²) in [5.74, 6) is 0.0778. The van der Waals surface area contributed by atoms with Crippen molar-refractivity contribution in [1.29, 1.82) is 0 Å². The molecule has 2 aromatic carbocycles. The van der Waals surface area contributed by atoms with E-state index in [0.29, 0.717) is 35.3 Å². The zero-order valence-corrected chi connectivity index (χ0v) is 14.6. The van der Waals surface area contributed by atoms with Gasteiger partial charge in [-0.3, -0.25) is 4.79 Å². The summed E-state index contributed by atoms with van der Waals surface area (Å²) in [6.45, 7) is 0.682. The first-order valence-corrected chi connectivity index (χ1v) is 8.35. The van der Waals surface area contributed by atoms with Crippen LogP contribution < -0.4 is 9.47 Å². The molecular formula is C18H14Cl2O5. The van der Waals surface area contributed by atoms with Crippen molar-refractivity contribution in [2.75, 3.05) is 19.8 Å². The molecule has 1 aliphatic heterocycles. The molecule has 1 heterocycles. The average molecular weight is 381 g/mol. The Balaban J connectivity index is 1.65. The third-order valence-corrected chi connectivity index (χ3v) is 4.30. The van der Waals surface area contributed by atoms with Crippen molar-refractivity contribution in [1.82, 2.24) is 0 Å². The van der Waals surface area contributed by atoms with Crippen molar-refractivity contribution < 1.29 is 23.8 Å². The molecule has 0 aromatic heterocycles. The summed E-state index contributed by atoms with van der Waals surface area (Å²) in [6.07, 6.45) is 0.770. The van der Waals surface area contributed by atoms with E-state index in [1.807, 2.05) is 0 Å². The van der Waals surface area contributed by atoms with Crippen LogP contribution in [0, 0.1) is 0 Å². The number of rotatable bonds is 4. The Morgan fingerprint density at radius 2 is 1.64 bits per heavy atom. The minimum Gasteiger partial charge on any atom is -0.490 e. The van der Waals surface area contributed by atoms with Gasteiger partial charge in [0, 0.05) is 12.0 Å². The highest BCUT2D eigenvalue weighted by molar-refractivity contribution is 6.42. The lowest BCUT2D eigenvalue weighted by Gasteiger charge is -2.09. The third kappa shape index (κ3) is 4.24. The monoisotopic (exact) mass is 380 g/mol. The van der Waals surface area contributed by atoms with E-state index in [-0.39, 0.29) is 16.4 Å². The Kier molecular flexibility index (Phi) is 5.46. The van der Waals surface area contributed by atoms with Crippen LogP contribution >= 0.6 is 23.2 Å². The molecule has 0 amide bonds. The highest BCUT2D eigenvalue weighted by Crippen LogP contribution is 2.30. The topological polar surface area (TPSA) is 61.8 Å². The van der Waals surface area contributed by atoms with Gasteiger partial charge in [0.05, 0.1) is 28.8 Å². The standard InChI is InChI=1S/C18H14Cl2O5/c19-13-4-2-11(8-14(13)20)15(21)10-25-18(22)12-3-5-16-17(9-12)24-7-1-6-23-16/h2-5,8-9H,1,6-7,10H2. The maximum absolute atomic E-state index is 12.2. The molecule has 0 unspecified atom stereocenters. The second kappa shape index (κ2) is 7.76. The van der Waals surface area contributed by atoms with E-state index in [0.717, 1.165) is 6.42 Å². The number of hydrogen-bond acceptors (Lipinski definition) is 5. The van der Waals surface area contributed by atoms with Gasteiger partial charge in [0.15, 0.2) is 23.9 Å². The van der Waals surface area contributed by atoms with E-state index in [1.54, 1.807) is 18.2 Å². The van der Waals surface area contributed by atoms with Crippen molar-refractivity contribution >= 4 is 35.0 Å². The summed E-state index contributed by atoms with van der Waals surface area (Å²) in [5, 5.41) is 0.615. The van der Waals surface area contributed by atoms with Gasteiger partial charge in [-0.1, -0.05) is 23.2 Å². The number of Topliss-reactive ketones (excluding diaryl/α,β-unsaturated/α-hetero) is 1. The van der Waals surface area contributed by atoms with Crippen molar-refractivity contribution in [2.24, 2.45) is 0 Å². The van der Waals surface area contributed by atoms with Gasteiger partial charge in [0.25, 0.3) is 0 Å². The second-order valence-electron chi connectivity index (χ2n) is 5.34. The van der Waals surface area contributed by atoms with Gasteiger partial charge >= 0.3 is 5.97 Å². The molecule has 0 aliphatic carbocycles. The molecule has 0 spiro atoms. The molecule has 0 saturated carbocycles. The van der Waals surface area contributed by atoms with Gasteiger partial charge in [-0.25, -0.2) is 4.79 Å². The van der Waals surface area contributed by atoms with E-state index < -0.39 is 12.6 Å². The van der Waals surface area contributed by atoms with Crippen LogP contribution in [-0.4, -0.2) is 31.6 Å². The van der Waals surface area contributed by atoms with Crippen LogP contribution in [0.2, 0.25) is 10.0 Å². The number of carbonyl (C=O) groups is 2. The molecule has 3 rings (SSSR count). The van der Waals surface area contributed by atoms with Gasteiger partial charge in [0.1, 0.15) is 0 Å². The van der Waals surface area contributed by atoms with Crippen LogP contribution in [0.5, 0.6) is 11.5 Å². The fraction of sp³-hybridized carbons (Fsp3) is 0.222. The highest BCUT2D eigenvalue weighted by atomic mass is 35.5. The molecule has 2 aromatic rings. The van der Waals surface area contributed by atoms with Crippen LogP contribution in [0.15, 0.2) is 36.4 Å². The zero-order valence-electron chi connectivity index (χ0n) is 13.1. The largest absolute Gasteiger partial charge is 0.490 e. The summed E-state index contributed by atoms with van der Waals surface area (Å²) < 4.78 is 16.1. The third-order valence-electron chi connectivity index (χ3n) is 3.56.